The number of hydrogen-bond acceptors (Lipinski definition) is 3. The van der Waals surface area contributed by atoms with Gasteiger partial charge in [-0.3, -0.25) is 9.69 Å². The minimum absolute atomic E-state index is 0.0146. The van der Waals surface area contributed by atoms with E-state index in [0.29, 0.717) is 6.54 Å². The first-order valence-corrected chi connectivity index (χ1v) is 10.3. The second-order valence-electron chi connectivity index (χ2n) is 8.18. The van der Waals surface area contributed by atoms with Crippen molar-refractivity contribution in [1.29, 1.82) is 0 Å². The largest absolute Gasteiger partial charge is 0.395 e. The molecule has 1 aromatic heterocycles. The molecule has 4 rings (SSSR count). The molecule has 0 saturated carbocycles. The Labute approximate surface area is 161 Å². The number of aromatic nitrogens is 1. The van der Waals surface area contributed by atoms with Crippen molar-refractivity contribution in [2.75, 3.05) is 26.2 Å². The van der Waals surface area contributed by atoms with Crippen molar-refractivity contribution >= 4 is 16.8 Å². The van der Waals surface area contributed by atoms with Gasteiger partial charge in [0, 0.05) is 41.0 Å². The van der Waals surface area contributed by atoms with E-state index in [4.69, 9.17) is 5.11 Å². The van der Waals surface area contributed by atoms with E-state index < -0.39 is 0 Å². The van der Waals surface area contributed by atoms with Crippen molar-refractivity contribution < 1.29 is 9.90 Å². The molecule has 5 heteroatoms. The van der Waals surface area contributed by atoms with Crippen molar-refractivity contribution in [1.82, 2.24) is 15.2 Å². The van der Waals surface area contributed by atoms with Crippen molar-refractivity contribution in [3.8, 4) is 0 Å². The molecule has 3 N–H and O–H groups in total. The summed E-state index contributed by atoms with van der Waals surface area (Å²) in [7, 11) is 0. The van der Waals surface area contributed by atoms with Crippen LogP contribution in [0.1, 0.15) is 50.4 Å². The molecule has 1 saturated heterocycles. The molecule has 3 heterocycles. The number of hydrogen-bond donors (Lipinski definition) is 3. The Morgan fingerprint density at radius 3 is 3.00 bits per heavy atom. The average molecular weight is 370 g/mol. The quantitative estimate of drug-likeness (QED) is 0.759. The molecule has 146 valence electrons. The van der Waals surface area contributed by atoms with Crippen LogP contribution in [0.3, 0.4) is 0 Å². The van der Waals surface area contributed by atoms with Gasteiger partial charge < -0.3 is 15.4 Å². The van der Waals surface area contributed by atoms with Crippen LogP contribution >= 0.6 is 0 Å². The van der Waals surface area contributed by atoms with Gasteiger partial charge in [0.2, 0.25) is 5.91 Å². The summed E-state index contributed by atoms with van der Waals surface area (Å²) in [6.07, 6.45) is 4.24. The van der Waals surface area contributed by atoms with Gasteiger partial charge in [0.05, 0.1) is 12.6 Å². The van der Waals surface area contributed by atoms with Crippen LogP contribution < -0.4 is 5.32 Å². The van der Waals surface area contributed by atoms with Crippen LogP contribution in [0.25, 0.3) is 10.9 Å². The Hall–Kier alpha value is -1.85. The number of nitrogens with zero attached hydrogens (tertiary/aromatic N) is 1. The molecule has 2 aromatic rings. The van der Waals surface area contributed by atoms with Gasteiger partial charge in [-0.2, -0.15) is 0 Å². The van der Waals surface area contributed by atoms with E-state index in [-0.39, 0.29) is 29.9 Å². The second kappa shape index (κ2) is 7.28. The lowest BCUT2D eigenvalue weighted by Gasteiger charge is -2.54. The average Bonchev–Trinajstić information content (AvgIpc) is 3.09. The highest BCUT2D eigenvalue weighted by atomic mass is 16.3. The van der Waals surface area contributed by atoms with Crippen molar-refractivity contribution in [2.24, 2.45) is 11.3 Å². The molecular formula is C22H31N3O2. The van der Waals surface area contributed by atoms with Crippen molar-refractivity contribution in [3.63, 3.8) is 0 Å². The maximum absolute atomic E-state index is 12.9. The number of carbonyl (C=O) groups is 1. The van der Waals surface area contributed by atoms with Crippen LogP contribution in [-0.4, -0.2) is 47.1 Å². The van der Waals surface area contributed by atoms with Gasteiger partial charge in [-0.25, -0.2) is 0 Å². The van der Waals surface area contributed by atoms with E-state index >= 15 is 0 Å². The summed E-state index contributed by atoms with van der Waals surface area (Å²) in [5.41, 5.74) is 3.88. The fraction of sp³-hybridized carbons (Fsp3) is 0.591. The molecule has 3 atom stereocenters. The highest BCUT2D eigenvalue weighted by Crippen LogP contribution is 2.55. The Kier molecular flexibility index (Phi) is 4.99. The molecule has 0 radical (unpaired) electrons. The van der Waals surface area contributed by atoms with Crippen LogP contribution in [-0.2, 0) is 11.2 Å². The zero-order valence-electron chi connectivity index (χ0n) is 16.4. The van der Waals surface area contributed by atoms with Gasteiger partial charge in [-0.15, -0.1) is 0 Å². The Morgan fingerprint density at radius 1 is 1.41 bits per heavy atom. The van der Waals surface area contributed by atoms with Gasteiger partial charge in [0.15, 0.2) is 0 Å². The number of rotatable bonds is 5. The number of aliphatic hydroxyl groups excluding tert-OH is 1. The number of para-hydroxylation sites is 1. The summed E-state index contributed by atoms with van der Waals surface area (Å²) < 4.78 is 0. The van der Waals surface area contributed by atoms with E-state index in [9.17, 15) is 4.79 Å². The lowest BCUT2D eigenvalue weighted by Crippen LogP contribution is -2.54. The molecule has 1 amide bonds. The zero-order valence-corrected chi connectivity index (χ0v) is 16.4. The maximum atomic E-state index is 12.9. The molecule has 5 nitrogen and oxygen atoms in total. The normalized spacial score (nSPS) is 26.4. The lowest BCUT2D eigenvalue weighted by molar-refractivity contribution is -0.134. The maximum Gasteiger partial charge on any atom is 0.223 e. The van der Waals surface area contributed by atoms with Crippen LogP contribution in [0.15, 0.2) is 24.3 Å². The summed E-state index contributed by atoms with van der Waals surface area (Å²) in [6, 6.07) is 8.82. The Morgan fingerprint density at radius 2 is 2.22 bits per heavy atom. The lowest BCUT2D eigenvalue weighted by atomic mass is 9.61. The van der Waals surface area contributed by atoms with Crippen molar-refractivity contribution in [3.05, 3.63) is 35.5 Å². The number of benzene rings is 1. The number of aliphatic hydroxyl groups is 1. The highest BCUT2D eigenvalue weighted by Gasteiger charge is 2.52. The van der Waals surface area contributed by atoms with Crippen LogP contribution in [0.5, 0.6) is 0 Å². The summed E-state index contributed by atoms with van der Waals surface area (Å²) in [4.78, 5) is 19.2. The molecule has 0 aliphatic carbocycles. The smallest absolute Gasteiger partial charge is 0.223 e. The van der Waals surface area contributed by atoms with E-state index in [0.717, 1.165) is 38.8 Å². The third-order valence-corrected chi connectivity index (χ3v) is 7.09. The number of nitrogens with one attached hydrogen (secondary N) is 2. The van der Waals surface area contributed by atoms with E-state index in [1.165, 1.54) is 22.2 Å². The SMILES string of the molecule is CC[C@@]1(C(C)C(=O)NCCO)CCCN2CCc3c([nH]c4ccccc34)[C@@H]21. The fourth-order valence-corrected chi connectivity index (χ4v) is 5.65. The standard InChI is InChI=1S/C22H31N3O2/c1-3-22(15(2)21(27)23-11-14-26)10-6-12-25-13-9-17-16-7-4-5-8-18(16)24-19(17)20(22)25/h4-5,7-8,15,20,24,26H,3,6,9-14H2,1-2H3,(H,23,27)/t15?,20-,22+/m1/s1. The fourth-order valence-electron chi connectivity index (χ4n) is 5.65. The second-order valence-corrected chi connectivity index (χ2v) is 8.18. The van der Waals surface area contributed by atoms with Crippen molar-refractivity contribution in [2.45, 2.75) is 45.6 Å². The monoisotopic (exact) mass is 369 g/mol. The number of fused-ring (bicyclic) bond motifs is 5. The molecule has 0 bridgehead atoms. The number of aromatic amines is 1. The third kappa shape index (κ3) is 2.88. The van der Waals surface area contributed by atoms with Crippen LogP contribution in [0.2, 0.25) is 0 Å². The van der Waals surface area contributed by atoms with Gasteiger partial charge in [-0.1, -0.05) is 32.0 Å². The zero-order chi connectivity index (χ0) is 19.0. The number of piperidine rings is 1. The summed E-state index contributed by atoms with van der Waals surface area (Å²) in [5.74, 6) is -0.0322. The summed E-state index contributed by atoms with van der Waals surface area (Å²) >= 11 is 0. The molecule has 1 fully saturated rings. The highest BCUT2D eigenvalue weighted by molar-refractivity contribution is 5.85. The number of H-pyrrole nitrogens is 1. The molecule has 1 unspecified atom stereocenters. The van der Waals surface area contributed by atoms with E-state index in [1.54, 1.807) is 0 Å². The first kappa shape index (κ1) is 18.5. The summed E-state index contributed by atoms with van der Waals surface area (Å²) in [5, 5.41) is 13.3. The molecule has 27 heavy (non-hydrogen) atoms. The molecule has 1 aromatic carbocycles. The number of carbonyl (C=O) groups excluding carboxylic acids is 1. The van der Waals surface area contributed by atoms with Gasteiger partial charge in [0.25, 0.3) is 0 Å². The third-order valence-electron chi connectivity index (χ3n) is 7.09. The number of amides is 1. The molecule has 2 aliphatic heterocycles. The van der Waals surface area contributed by atoms with Gasteiger partial charge in [-0.05, 0) is 43.9 Å². The van der Waals surface area contributed by atoms with E-state index in [2.05, 4.69) is 53.3 Å². The van der Waals surface area contributed by atoms with Crippen LogP contribution in [0.4, 0.5) is 0 Å². The van der Waals surface area contributed by atoms with Crippen LogP contribution in [0, 0.1) is 11.3 Å². The predicted molar refractivity (Wildman–Crippen MR) is 108 cm³/mol. The molecule has 0 spiro atoms. The minimum atomic E-state index is -0.0980. The Bertz CT molecular complexity index is 830. The van der Waals surface area contributed by atoms with Gasteiger partial charge >= 0.3 is 0 Å². The first-order chi connectivity index (χ1) is 13.1. The van der Waals surface area contributed by atoms with Gasteiger partial charge in [0.1, 0.15) is 0 Å². The minimum Gasteiger partial charge on any atom is -0.395 e. The summed E-state index contributed by atoms with van der Waals surface area (Å²) in [6.45, 7) is 6.79. The predicted octanol–water partition coefficient (Wildman–Crippen LogP) is 3.00. The Balaban J connectivity index is 1.79. The molecule has 2 aliphatic rings. The molecular weight excluding hydrogens is 338 g/mol. The topological polar surface area (TPSA) is 68.4 Å². The van der Waals surface area contributed by atoms with E-state index in [1.807, 2.05) is 0 Å². The first-order valence-electron chi connectivity index (χ1n) is 10.3.